The number of carbonyl (C=O) groups is 1. The number of para-hydroxylation sites is 1. The normalized spacial score (nSPS) is 15.1. The zero-order chi connectivity index (χ0) is 16.9. The van der Waals surface area contributed by atoms with Crippen molar-refractivity contribution in [3.63, 3.8) is 0 Å². The van der Waals surface area contributed by atoms with Crippen molar-refractivity contribution in [3.8, 4) is 0 Å². The van der Waals surface area contributed by atoms with Crippen LogP contribution < -0.4 is 4.90 Å². The number of piperazine rings is 1. The van der Waals surface area contributed by atoms with Gasteiger partial charge in [0, 0.05) is 53.6 Å². The Morgan fingerprint density at radius 1 is 0.875 bits per heavy atom. The first kappa shape index (κ1) is 16.9. The lowest BCUT2D eigenvalue weighted by atomic mass is 10.2. The van der Waals surface area contributed by atoms with E-state index in [1.54, 1.807) is 30.4 Å². The van der Waals surface area contributed by atoms with Crippen LogP contribution in [0.2, 0.25) is 10.0 Å². The molecule has 0 N–H and O–H groups in total. The van der Waals surface area contributed by atoms with Crippen LogP contribution in [0.3, 0.4) is 0 Å². The highest BCUT2D eigenvalue weighted by Crippen LogP contribution is 2.25. The zero-order valence-corrected chi connectivity index (χ0v) is 14.7. The molecule has 2 aromatic rings. The minimum atomic E-state index is -0.0151. The van der Waals surface area contributed by atoms with Gasteiger partial charge < -0.3 is 9.80 Å². The second-order valence-corrected chi connectivity index (χ2v) is 6.43. The fourth-order valence-electron chi connectivity index (χ4n) is 2.75. The van der Waals surface area contributed by atoms with Crippen LogP contribution in [0.4, 0.5) is 5.69 Å². The van der Waals surface area contributed by atoms with Gasteiger partial charge in [-0.2, -0.15) is 0 Å². The first-order valence-corrected chi connectivity index (χ1v) is 8.62. The Morgan fingerprint density at radius 3 is 2.12 bits per heavy atom. The summed E-state index contributed by atoms with van der Waals surface area (Å²) in [6, 6.07) is 15.6. The van der Waals surface area contributed by atoms with Crippen molar-refractivity contribution in [3.05, 3.63) is 70.2 Å². The molecule has 1 aliphatic rings. The van der Waals surface area contributed by atoms with Gasteiger partial charge in [0.1, 0.15) is 0 Å². The Kier molecular flexibility index (Phi) is 5.44. The topological polar surface area (TPSA) is 23.6 Å². The predicted molar refractivity (Wildman–Crippen MR) is 101 cm³/mol. The Balaban J connectivity index is 1.60. The average molecular weight is 361 g/mol. The maximum Gasteiger partial charge on any atom is 0.246 e. The van der Waals surface area contributed by atoms with Crippen molar-refractivity contribution in [1.29, 1.82) is 0 Å². The van der Waals surface area contributed by atoms with Gasteiger partial charge in [-0.25, -0.2) is 0 Å². The first-order valence-electron chi connectivity index (χ1n) is 7.86. The lowest BCUT2D eigenvalue weighted by Gasteiger charge is -2.35. The summed E-state index contributed by atoms with van der Waals surface area (Å²) in [6.07, 6.45) is 3.24. The number of hydrogen-bond acceptors (Lipinski definition) is 2. The molecule has 0 radical (unpaired) electrons. The van der Waals surface area contributed by atoms with Gasteiger partial charge in [0.05, 0.1) is 0 Å². The van der Waals surface area contributed by atoms with Crippen LogP contribution >= 0.6 is 23.2 Å². The van der Waals surface area contributed by atoms with E-state index < -0.39 is 0 Å². The van der Waals surface area contributed by atoms with Gasteiger partial charge in [-0.15, -0.1) is 0 Å². The van der Waals surface area contributed by atoms with Crippen molar-refractivity contribution < 1.29 is 4.79 Å². The second-order valence-electron chi connectivity index (χ2n) is 5.62. The van der Waals surface area contributed by atoms with E-state index in [-0.39, 0.29) is 5.91 Å². The Bertz CT molecular complexity index is 718. The molecule has 5 heteroatoms. The van der Waals surface area contributed by atoms with Crippen molar-refractivity contribution >= 4 is 40.9 Å². The summed E-state index contributed by atoms with van der Waals surface area (Å²) in [7, 11) is 0. The molecule has 1 saturated heterocycles. The molecule has 1 fully saturated rings. The van der Waals surface area contributed by atoms with Gasteiger partial charge in [-0.3, -0.25) is 4.79 Å². The third-order valence-electron chi connectivity index (χ3n) is 4.10. The van der Waals surface area contributed by atoms with Crippen molar-refractivity contribution in [1.82, 2.24) is 4.90 Å². The maximum absolute atomic E-state index is 12.4. The van der Waals surface area contributed by atoms with E-state index in [0.717, 1.165) is 13.1 Å². The third-order valence-corrected chi connectivity index (χ3v) is 4.76. The standard InChI is InChI=1S/C19H18Cl2N2O/c20-17-7-4-8-18(21)16(17)9-10-19(24)23-13-11-22(12-14-23)15-5-2-1-3-6-15/h1-10H,11-14H2. The minimum Gasteiger partial charge on any atom is -0.368 e. The fraction of sp³-hybridized carbons (Fsp3) is 0.211. The second kappa shape index (κ2) is 7.73. The molecular formula is C19H18Cl2N2O. The molecule has 3 rings (SSSR count). The van der Waals surface area contributed by atoms with E-state index in [1.165, 1.54) is 5.69 Å². The first-order chi connectivity index (χ1) is 11.6. The summed E-state index contributed by atoms with van der Waals surface area (Å²) in [4.78, 5) is 16.5. The van der Waals surface area contributed by atoms with Gasteiger partial charge >= 0.3 is 0 Å². The Labute approximate surface area is 152 Å². The quantitative estimate of drug-likeness (QED) is 0.759. The summed E-state index contributed by atoms with van der Waals surface area (Å²) in [5.74, 6) is -0.0151. The van der Waals surface area contributed by atoms with Crippen LogP contribution in [0, 0.1) is 0 Å². The zero-order valence-electron chi connectivity index (χ0n) is 13.2. The van der Waals surface area contributed by atoms with E-state index in [1.807, 2.05) is 23.1 Å². The van der Waals surface area contributed by atoms with E-state index in [4.69, 9.17) is 23.2 Å². The van der Waals surface area contributed by atoms with Crippen molar-refractivity contribution in [2.75, 3.05) is 31.1 Å². The van der Waals surface area contributed by atoms with Gasteiger partial charge in [0.15, 0.2) is 0 Å². The molecule has 124 valence electrons. The molecule has 0 spiro atoms. The van der Waals surface area contributed by atoms with Gasteiger partial charge in [-0.1, -0.05) is 47.5 Å². The number of halogens is 2. The summed E-state index contributed by atoms with van der Waals surface area (Å²) >= 11 is 12.2. The molecule has 0 aromatic heterocycles. The summed E-state index contributed by atoms with van der Waals surface area (Å²) in [5, 5.41) is 1.08. The number of rotatable bonds is 3. The van der Waals surface area contributed by atoms with Gasteiger partial charge in [-0.05, 0) is 30.3 Å². The molecular weight excluding hydrogens is 343 g/mol. The fourth-order valence-corrected chi connectivity index (χ4v) is 3.28. The predicted octanol–water partition coefficient (Wildman–Crippen LogP) is 4.36. The minimum absolute atomic E-state index is 0.0151. The summed E-state index contributed by atoms with van der Waals surface area (Å²) in [5.41, 5.74) is 1.88. The SMILES string of the molecule is O=C(C=Cc1c(Cl)cccc1Cl)N1CCN(c2ccccc2)CC1. The molecule has 0 saturated carbocycles. The van der Waals surface area contributed by atoms with Crippen LogP contribution in [0.1, 0.15) is 5.56 Å². The number of nitrogens with zero attached hydrogens (tertiary/aromatic N) is 2. The van der Waals surface area contributed by atoms with Crippen molar-refractivity contribution in [2.24, 2.45) is 0 Å². The third kappa shape index (κ3) is 3.92. The molecule has 1 heterocycles. The van der Waals surface area contributed by atoms with Gasteiger partial charge in [0.25, 0.3) is 0 Å². The highest BCUT2D eigenvalue weighted by atomic mass is 35.5. The maximum atomic E-state index is 12.4. The van der Waals surface area contributed by atoms with Crippen molar-refractivity contribution in [2.45, 2.75) is 0 Å². The molecule has 3 nitrogen and oxygen atoms in total. The molecule has 0 bridgehead atoms. The lowest BCUT2D eigenvalue weighted by molar-refractivity contribution is -0.126. The van der Waals surface area contributed by atoms with E-state index >= 15 is 0 Å². The highest BCUT2D eigenvalue weighted by Gasteiger charge is 2.19. The largest absolute Gasteiger partial charge is 0.368 e. The highest BCUT2D eigenvalue weighted by molar-refractivity contribution is 6.37. The van der Waals surface area contributed by atoms with Crippen LogP contribution in [0.5, 0.6) is 0 Å². The summed E-state index contributed by atoms with van der Waals surface area (Å²) < 4.78 is 0. The van der Waals surface area contributed by atoms with Crippen LogP contribution in [0.15, 0.2) is 54.6 Å². The molecule has 0 atom stereocenters. The van der Waals surface area contributed by atoms with Crippen LogP contribution in [-0.4, -0.2) is 37.0 Å². The molecule has 2 aromatic carbocycles. The Hall–Kier alpha value is -1.97. The summed E-state index contributed by atoms with van der Waals surface area (Å²) in [6.45, 7) is 3.07. The number of hydrogen-bond donors (Lipinski definition) is 0. The smallest absolute Gasteiger partial charge is 0.246 e. The Morgan fingerprint density at radius 2 is 1.50 bits per heavy atom. The number of carbonyl (C=O) groups excluding carboxylic acids is 1. The molecule has 1 aliphatic heterocycles. The van der Waals surface area contributed by atoms with E-state index in [9.17, 15) is 4.79 Å². The molecule has 0 aliphatic carbocycles. The number of benzene rings is 2. The average Bonchev–Trinajstić information content (AvgIpc) is 2.62. The van der Waals surface area contributed by atoms with E-state index in [2.05, 4.69) is 17.0 Å². The van der Waals surface area contributed by atoms with E-state index in [0.29, 0.717) is 28.7 Å². The van der Waals surface area contributed by atoms with Gasteiger partial charge in [0.2, 0.25) is 5.91 Å². The lowest BCUT2D eigenvalue weighted by Crippen LogP contribution is -2.48. The number of amides is 1. The van der Waals surface area contributed by atoms with Crippen LogP contribution in [0.25, 0.3) is 6.08 Å². The monoisotopic (exact) mass is 360 g/mol. The number of anilines is 1. The molecule has 1 amide bonds. The molecule has 0 unspecified atom stereocenters. The van der Waals surface area contributed by atoms with Crippen LogP contribution in [-0.2, 0) is 4.79 Å². The molecule has 24 heavy (non-hydrogen) atoms.